The summed E-state index contributed by atoms with van der Waals surface area (Å²) in [4.78, 5) is 17.3. The number of nitrogens with one attached hydrogen (secondary N) is 1. The minimum atomic E-state index is -1.01. The first-order valence-electron chi connectivity index (χ1n) is 11.1. The number of esters is 1. The van der Waals surface area contributed by atoms with Crippen LogP contribution >= 0.6 is 0 Å². The fourth-order valence-electron chi connectivity index (χ4n) is 4.46. The third-order valence-electron chi connectivity index (χ3n) is 6.21. The molecule has 1 unspecified atom stereocenters. The molecule has 4 rings (SSSR count). The minimum Gasteiger partial charge on any atom is -0.441 e. The molecule has 1 aliphatic heterocycles. The monoisotopic (exact) mass is 441 g/mol. The van der Waals surface area contributed by atoms with Gasteiger partial charge in [0.05, 0.1) is 5.56 Å². The molecule has 3 aromatic rings. The number of carbonyl (C=O) groups is 1. The van der Waals surface area contributed by atoms with Crippen molar-refractivity contribution in [3.05, 3.63) is 101 Å². The predicted octanol–water partition coefficient (Wildman–Crippen LogP) is 5.19. The molecule has 1 N–H and O–H groups in total. The molecule has 0 aromatic heterocycles. The SMILES string of the molecule is C=CCNc1ccc(C2(c3ccc(N(C)C)cc3)OC(=O)c3cc(N(C)C)ccc32)c(C)c1. The maximum absolute atomic E-state index is 13.2. The summed E-state index contributed by atoms with van der Waals surface area (Å²) >= 11 is 0. The summed E-state index contributed by atoms with van der Waals surface area (Å²) < 4.78 is 6.32. The standard InChI is InChI=1S/C28H31N3O2/c1-7-16-29-21-10-14-25(19(2)17-21)28(20-8-11-22(12-9-20)30(3)4)26-15-13-23(31(5)6)18-24(26)27(32)33-28/h7-15,17-18,29H,1,16H2,2-6H3. The van der Waals surface area contributed by atoms with Crippen LogP contribution in [-0.2, 0) is 10.3 Å². The van der Waals surface area contributed by atoms with Gasteiger partial charge in [0.25, 0.3) is 0 Å². The van der Waals surface area contributed by atoms with E-state index in [2.05, 4.69) is 60.1 Å². The third kappa shape index (κ3) is 3.84. The van der Waals surface area contributed by atoms with Crippen molar-refractivity contribution in [3.63, 3.8) is 0 Å². The highest BCUT2D eigenvalue weighted by Crippen LogP contribution is 2.49. The van der Waals surface area contributed by atoms with Crippen molar-refractivity contribution < 1.29 is 9.53 Å². The first kappa shape index (κ1) is 22.5. The second-order valence-corrected chi connectivity index (χ2v) is 8.84. The van der Waals surface area contributed by atoms with Crippen LogP contribution in [0.3, 0.4) is 0 Å². The highest BCUT2D eigenvalue weighted by Gasteiger charge is 2.49. The van der Waals surface area contributed by atoms with Crippen LogP contribution in [0.4, 0.5) is 17.1 Å². The van der Waals surface area contributed by atoms with Gasteiger partial charge in [-0.25, -0.2) is 4.79 Å². The summed E-state index contributed by atoms with van der Waals surface area (Å²) in [5.41, 5.74) is 6.42. The van der Waals surface area contributed by atoms with Crippen molar-refractivity contribution in [2.45, 2.75) is 12.5 Å². The molecular formula is C28H31N3O2. The Morgan fingerprint density at radius 2 is 1.55 bits per heavy atom. The second kappa shape index (κ2) is 8.66. The number of benzene rings is 3. The number of fused-ring (bicyclic) bond motifs is 1. The molecular weight excluding hydrogens is 410 g/mol. The highest BCUT2D eigenvalue weighted by atomic mass is 16.6. The average molecular weight is 442 g/mol. The molecule has 0 saturated carbocycles. The summed E-state index contributed by atoms with van der Waals surface area (Å²) in [6.45, 7) is 6.52. The molecule has 0 saturated heterocycles. The summed E-state index contributed by atoms with van der Waals surface area (Å²) in [5.74, 6) is -0.307. The van der Waals surface area contributed by atoms with Crippen LogP contribution in [0.25, 0.3) is 0 Å². The number of aryl methyl sites for hydroxylation is 1. The second-order valence-electron chi connectivity index (χ2n) is 8.84. The van der Waals surface area contributed by atoms with Crippen LogP contribution in [0.15, 0.2) is 73.3 Å². The quantitative estimate of drug-likeness (QED) is 0.404. The lowest BCUT2D eigenvalue weighted by Gasteiger charge is -2.32. The fraction of sp³-hybridized carbons (Fsp3) is 0.250. The molecule has 170 valence electrons. The number of rotatable bonds is 7. The summed E-state index contributed by atoms with van der Waals surface area (Å²) in [7, 11) is 7.96. The van der Waals surface area contributed by atoms with Gasteiger partial charge in [0.2, 0.25) is 0 Å². The van der Waals surface area contributed by atoms with E-state index in [9.17, 15) is 4.79 Å². The van der Waals surface area contributed by atoms with Gasteiger partial charge >= 0.3 is 5.97 Å². The Bertz CT molecular complexity index is 1200. The van der Waals surface area contributed by atoms with E-state index in [0.717, 1.165) is 39.3 Å². The number of nitrogens with zero attached hydrogens (tertiary/aromatic N) is 2. The van der Waals surface area contributed by atoms with E-state index < -0.39 is 5.60 Å². The van der Waals surface area contributed by atoms with Gasteiger partial charge in [-0.2, -0.15) is 0 Å². The van der Waals surface area contributed by atoms with E-state index in [1.54, 1.807) is 0 Å². The van der Waals surface area contributed by atoms with Crippen LogP contribution in [0, 0.1) is 6.92 Å². The van der Waals surface area contributed by atoms with Gasteiger partial charge in [-0.3, -0.25) is 0 Å². The molecule has 0 radical (unpaired) electrons. The van der Waals surface area contributed by atoms with Gasteiger partial charge in [-0.15, -0.1) is 6.58 Å². The average Bonchev–Trinajstić information content (AvgIpc) is 3.10. The number of hydrogen-bond acceptors (Lipinski definition) is 5. The van der Waals surface area contributed by atoms with E-state index in [1.165, 1.54) is 0 Å². The third-order valence-corrected chi connectivity index (χ3v) is 6.21. The van der Waals surface area contributed by atoms with Crippen molar-refractivity contribution in [2.24, 2.45) is 0 Å². The molecule has 33 heavy (non-hydrogen) atoms. The van der Waals surface area contributed by atoms with Crippen molar-refractivity contribution >= 4 is 23.0 Å². The lowest BCUT2D eigenvalue weighted by atomic mass is 9.78. The Balaban J connectivity index is 1.94. The molecule has 1 heterocycles. The largest absolute Gasteiger partial charge is 0.441 e. The van der Waals surface area contributed by atoms with Crippen LogP contribution < -0.4 is 15.1 Å². The number of ether oxygens (including phenoxy) is 1. The Kier molecular flexibility index (Phi) is 5.90. The molecule has 0 amide bonds. The topological polar surface area (TPSA) is 44.8 Å². The van der Waals surface area contributed by atoms with Gasteiger partial charge in [-0.1, -0.05) is 30.3 Å². The molecule has 1 atom stereocenters. The van der Waals surface area contributed by atoms with Gasteiger partial charge in [0.1, 0.15) is 0 Å². The number of anilines is 3. The van der Waals surface area contributed by atoms with Crippen molar-refractivity contribution in [1.29, 1.82) is 0 Å². The first-order chi connectivity index (χ1) is 15.8. The molecule has 0 fully saturated rings. The molecule has 1 aliphatic rings. The Morgan fingerprint density at radius 3 is 2.15 bits per heavy atom. The maximum Gasteiger partial charge on any atom is 0.340 e. The summed E-state index contributed by atoms with van der Waals surface area (Å²) in [6, 6.07) is 20.4. The molecule has 5 nitrogen and oxygen atoms in total. The predicted molar refractivity (Wildman–Crippen MR) is 137 cm³/mol. The van der Waals surface area contributed by atoms with Crippen LogP contribution in [0.2, 0.25) is 0 Å². The van der Waals surface area contributed by atoms with Crippen LogP contribution in [0.5, 0.6) is 0 Å². The molecule has 0 bridgehead atoms. The fourth-order valence-corrected chi connectivity index (χ4v) is 4.46. The Labute approximate surface area is 196 Å². The van der Waals surface area contributed by atoms with Crippen LogP contribution in [0.1, 0.15) is 32.6 Å². The summed E-state index contributed by atoms with van der Waals surface area (Å²) in [6.07, 6.45) is 1.83. The number of carbonyl (C=O) groups excluding carboxylic acids is 1. The van der Waals surface area contributed by atoms with Gasteiger partial charge in [-0.05, 0) is 48.9 Å². The Morgan fingerprint density at radius 1 is 0.909 bits per heavy atom. The van der Waals surface area contributed by atoms with Crippen molar-refractivity contribution in [2.75, 3.05) is 49.9 Å². The van der Waals surface area contributed by atoms with Gasteiger partial charge in [0, 0.05) is 68.5 Å². The first-order valence-corrected chi connectivity index (χ1v) is 11.1. The molecule has 0 aliphatic carbocycles. The molecule has 0 spiro atoms. The van der Waals surface area contributed by atoms with E-state index >= 15 is 0 Å². The lowest BCUT2D eigenvalue weighted by molar-refractivity contribution is 0.0250. The van der Waals surface area contributed by atoms with E-state index in [0.29, 0.717) is 12.1 Å². The number of hydrogen-bond donors (Lipinski definition) is 1. The minimum absolute atomic E-state index is 0.307. The number of cyclic esters (lactones) is 1. The zero-order chi connectivity index (χ0) is 23.8. The molecule has 5 heteroatoms. The van der Waals surface area contributed by atoms with Gasteiger partial charge in [0.15, 0.2) is 5.60 Å². The van der Waals surface area contributed by atoms with Gasteiger partial charge < -0.3 is 19.9 Å². The van der Waals surface area contributed by atoms with Crippen molar-refractivity contribution in [1.82, 2.24) is 0 Å². The highest BCUT2D eigenvalue weighted by molar-refractivity contribution is 5.97. The Hall–Kier alpha value is -3.73. The molecule has 3 aromatic carbocycles. The summed E-state index contributed by atoms with van der Waals surface area (Å²) in [5, 5.41) is 3.34. The normalized spacial score (nSPS) is 16.7. The van der Waals surface area contributed by atoms with Crippen LogP contribution in [-0.4, -0.2) is 40.7 Å². The van der Waals surface area contributed by atoms with E-state index in [-0.39, 0.29) is 5.97 Å². The lowest BCUT2D eigenvalue weighted by Crippen LogP contribution is -2.30. The zero-order valence-electron chi connectivity index (χ0n) is 20.0. The smallest absolute Gasteiger partial charge is 0.340 e. The van der Waals surface area contributed by atoms with E-state index in [4.69, 9.17) is 4.74 Å². The zero-order valence-corrected chi connectivity index (χ0v) is 20.0. The van der Waals surface area contributed by atoms with Crippen molar-refractivity contribution in [3.8, 4) is 0 Å². The van der Waals surface area contributed by atoms with E-state index in [1.807, 2.05) is 63.4 Å². The maximum atomic E-state index is 13.2.